The number of rotatable bonds is 5. The molecule has 6 nitrogen and oxygen atoms in total. The number of ether oxygens (including phenoxy) is 1. The molecular weight excluding hydrogens is 440 g/mol. The minimum atomic E-state index is -4.93. The number of anilines is 1. The Morgan fingerprint density at radius 1 is 1.26 bits per heavy atom. The van der Waals surface area contributed by atoms with Crippen LogP contribution in [0.1, 0.15) is 12.5 Å². The number of halogens is 5. The number of alkyl halides is 3. The van der Waals surface area contributed by atoms with Crippen LogP contribution in [0, 0.1) is 15.9 Å². The molecule has 2 aromatic carbocycles. The molecule has 0 fully saturated rings. The molecule has 0 bridgehead atoms. The standard InChI is InChI=1S/C16H11BrF4N2O4/c1-8(27-14-5-2-9(17)6-12(14)18)15(24)22-13-4-3-10(23(25)26)7-11(13)16(19,20)21/h2-8H,1H3,(H,22,24)/t8-/m1/s1. The molecule has 0 spiro atoms. The van der Waals surface area contributed by atoms with Gasteiger partial charge in [0.25, 0.3) is 11.6 Å². The number of nitrogens with one attached hydrogen (secondary N) is 1. The predicted molar refractivity (Wildman–Crippen MR) is 90.9 cm³/mol. The third-order valence-corrected chi connectivity index (χ3v) is 3.84. The molecule has 1 amide bonds. The molecule has 0 unspecified atom stereocenters. The van der Waals surface area contributed by atoms with Crippen molar-refractivity contribution in [1.29, 1.82) is 0 Å². The van der Waals surface area contributed by atoms with E-state index in [0.29, 0.717) is 10.5 Å². The van der Waals surface area contributed by atoms with Gasteiger partial charge >= 0.3 is 6.18 Å². The Labute approximate surface area is 158 Å². The Kier molecular flexibility index (Phi) is 6.04. The monoisotopic (exact) mass is 450 g/mol. The second kappa shape index (κ2) is 7.91. The second-order valence-corrected chi connectivity index (χ2v) is 6.22. The van der Waals surface area contributed by atoms with E-state index in [0.717, 1.165) is 18.2 Å². The molecular formula is C16H11BrF4N2O4. The van der Waals surface area contributed by atoms with Crippen molar-refractivity contribution in [3.8, 4) is 5.75 Å². The first-order chi connectivity index (χ1) is 12.5. The highest BCUT2D eigenvalue weighted by atomic mass is 79.9. The van der Waals surface area contributed by atoms with E-state index in [2.05, 4.69) is 15.9 Å². The Hall–Kier alpha value is -2.69. The summed E-state index contributed by atoms with van der Waals surface area (Å²) in [6.45, 7) is 1.22. The lowest BCUT2D eigenvalue weighted by Crippen LogP contribution is -2.31. The maximum atomic E-state index is 13.7. The first-order valence-electron chi connectivity index (χ1n) is 7.27. The number of benzene rings is 2. The van der Waals surface area contributed by atoms with Gasteiger partial charge in [-0.25, -0.2) is 4.39 Å². The van der Waals surface area contributed by atoms with E-state index in [1.807, 2.05) is 5.32 Å². The third kappa shape index (κ3) is 5.16. The summed E-state index contributed by atoms with van der Waals surface area (Å²) in [4.78, 5) is 21.8. The van der Waals surface area contributed by atoms with Crippen LogP contribution in [-0.2, 0) is 11.0 Å². The minimum absolute atomic E-state index is 0.263. The fourth-order valence-corrected chi connectivity index (χ4v) is 2.37. The van der Waals surface area contributed by atoms with E-state index >= 15 is 0 Å². The highest BCUT2D eigenvalue weighted by molar-refractivity contribution is 9.10. The van der Waals surface area contributed by atoms with E-state index in [9.17, 15) is 32.5 Å². The molecule has 11 heteroatoms. The molecule has 2 aromatic rings. The van der Waals surface area contributed by atoms with Gasteiger partial charge in [0.2, 0.25) is 0 Å². The first-order valence-corrected chi connectivity index (χ1v) is 8.06. The van der Waals surface area contributed by atoms with Gasteiger partial charge in [-0.3, -0.25) is 14.9 Å². The number of hydrogen-bond acceptors (Lipinski definition) is 4. The van der Waals surface area contributed by atoms with Crippen LogP contribution >= 0.6 is 15.9 Å². The summed E-state index contributed by atoms with van der Waals surface area (Å²) in [7, 11) is 0. The van der Waals surface area contributed by atoms with Crippen LogP contribution < -0.4 is 10.1 Å². The number of carbonyl (C=O) groups excluding carboxylic acids is 1. The summed E-state index contributed by atoms with van der Waals surface area (Å²) in [6.07, 6.45) is -6.27. The van der Waals surface area contributed by atoms with Crippen molar-refractivity contribution < 1.29 is 32.0 Å². The molecule has 27 heavy (non-hydrogen) atoms. The van der Waals surface area contributed by atoms with Crippen LogP contribution in [0.25, 0.3) is 0 Å². The summed E-state index contributed by atoms with van der Waals surface area (Å²) >= 11 is 3.05. The Bertz CT molecular complexity index is 889. The van der Waals surface area contributed by atoms with Gasteiger partial charge in [0.1, 0.15) is 0 Å². The SMILES string of the molecule is C[C@@H](Oc1ccc(Br)cc1F)C(=O)Nc1ccc([N+](=O)[O-])cc1C(F)(F)F. The molecule has 1 atom stereocenters. The molecule has 2 rings (SSSR count). The molecule has 0 radical (unpaired) electrons. The molecule has 0 saturated heterocycles. The number of nitrogens with zero attached hydrogens (tertiary/aromatic N) is 1. The van der Waals surface area contributed by atoms with Crippen molar-refractivity contribution in [3.63, 3.8) is 0 Å². The van der Waals surface area contributed by atoms with Crippen LogP contribution in [0.3, 0.4) is 0 Å². The zero-order chi connectivity index (χ0) is 20.4. The third-order valence-electron chi connectivity index (χ3n) is 3.34. The van der Waals surface area contributed by atoms with Gasteiger partial charge in [0.05, 0.1) is 16.2 Å². The lowest BCUT2D eigenvalue weighted by Gasteiger charge is -2.17. The summed E-state index contributed by atoms with van der Waals surface area (Å²) in [5.74, 6) is -2.02. The summed E-state index contributed by atoms with van der Waals surface area (Å²) in [5.41, 5.74) is -2.83. The molecule has 144 valence electrons. The fraction of sp³-hybridized carbons (Fsp3) is 0.188. The van der Waals surface area contributed by atoms with Crippen molar-refractivity contribution >= 4 is 33.2 Å². The maximum Gasteiger partial charge on any atom is 0.418 e. The molecule has 0 aliphatic rings. The van der Waals surface area contributed by atoms with E-state index in [1.54, 1.807) is 0 Å². The smallest absolute Gasteiger partial charge is 0.418 e. The zero-order valence-corrected chi connectivity index (χ0v) is 15.1. The van der Waals surface area contributed by atoms with E-state index in [4.69, 9.17) is 4.74 Å². The summed E-state index contributed by atoms with van der Waals surface area (Å²) < 4.78 is 58.7. The molecule has 0 aromatic heterocycles. The van der Waals surface area contributed by atoms with Crippen LogP contribution in [0.15, 0.2) is 40.9 Å². The van der Waals surface area contributed by atoms with Gasteiger partial charge in [-0.2, -0.15) is 13.2 Å². The molecule has 0 aliphatic heterocycles. The maximum absolute atomic E-state index is 13.7. The van der Waals surface area contributed by atoms with Crippen LogP contribution in [0.5, 0.6) is 5.75 Å². The number of nitro benzene ring substituents is 1. The van der Waals surface area contributed by atoms with E-state index in [-0.39, 0.29) is 5.75 Å². The highest BCUT2D eigenvalue weighted by Gasteiger charge is 2.36. The van der Waals surface area contributed by atoms with Crippen molar-refractivity contribution in [2.45, 2.75) is 19.2 Å². The van der Waals surface area contributed by atoms with Gasteiger partial charge in [-0.1, -0.05) is 15.9 Å². The molecule has 1 N–H and O–H groups in total. The number of nitro groups is 1. The van der Waals surface area contributed by atoms with Gasteiger partial charge in [0, 0.05) is 16.6 Å². The average Bonchev–Trinajstić information content (AvgIpc) is 2.56. The fourth-order valence-electron chi connectivity index (χ4n) is 2.04. The van der Waals surface area contributed by atoms with E-state index < -0.39 is 45.9 Å². The summed E-state index contributed by atoms with van der Waals surface area (Å²) in [5, 5.41) is 12.7. The molecule has 0 heterocycles. The lowest BCUT2D eigenvalue weighted by molar-refractivity contribution is -0.385. The Balaban J connectivity index is 2.22. The normalized spacial score (nSPS) is 12.4. The van der Waals surface area contributed by atoms with Gasteiger partial charge in [-0.15, -0.1) is 0 Å². The topological polar surface area (TPSA) is 81.5 Å². The van der Waals surface area contributed by atoms with Crippen LogP contribution in [0.4, 0.5) is 28.9 Å². The van der Waals surface area contributed by atoms with Crippen molar-refractivity contribution in [2.24, 2.45) is 0 Å². The predicted octanol–water partition coefficient (Wildman–Crippen LogP) is 4.92. The highest BCUT2D eigenvalue weighted by Crippen LogP contribution is 2.37. The number of amides is 1. The van der Waals surface area contributed by atoms with Crippen LogP contribution in [-0.4, -0.2) is 16.9 Å². The van der Waals surface area contributed by atoms with Gasteiger partial charge in [-0.05, 0) is 31.2 Å². The number of hydrogen-bond donors (Lipinski definition) is 1. The van der Waals surface area contributed by atoms with Gasteiger partial charge in [0.15, 0.2) is 17.7 Å². The second-order valence-electron chi connectivity index (χ2n) is 5.31. The van der Waals surface area contributed by atoms with Crippen molar-refractivity contribution in [2.75, 3.05) is 5.32 Å². The van der Waals surface area contributed by atoms with E-state index in [1.165, 1.54) is 19.1 Å². The molecule has 0 saturated carbocycles. The minimum Gasteiger partial charge on any atom is -0.478 e. The van der Waals surface area contributed by atoms with Gasteiger partial charge < -0.3 is 10.1 Å². The molecule has 0 aliphatic carbocycles. The Morgan fingerprint density at radius 3 is 2.48 bits per heavy atom. The number of non-ortho nitro benzene ring substituents is 1. The largest absolute Gasteiger partial charge is 0.478 e. The summed E-state index contributed by atoms with van der Waals surface area (Å²) in [6, 6.07) is 5.71. The van der Waals surface area contributed by atoms with Crippen molar-refractivity contribution in [3.05, 3.63) is 62.4 Å². The lowest BCUT2D eigenvalue weighted by atomic mass is 10.1. The van der Waals surface area contributed by atoms with Crippen molar-refractivity contribution in [1.82, 2.24) is 0 Å². The zero-order valence-electron chi connectivity index (χ0n) is 13.5. The first kappa shape index (κ1) is 20.6. The van der Waals surface area contributed by atoms with Crippen LogP contribution in [0.2, 0.25) is 0 Å². The number of carbonyl (C=O) groups is 1. The average molecular weight is 451 g/mol. The quantitative estimate of drug-likeness (QED) is 0.398. The Morgan fingerprint density at radius 2 is 1.93 bits per heavy atom.